The van der Waals surface area contributed by atoms with Crippen molar-refractivity contribution in [3.8, 4) is 34.7 Å². The van der Waals surface area contributed by atoms with Gasteiger partial charge in [0.15, 0.2) is 0 Å². The summed E-state index contributed by atoms with van der Waals surface area (Å²) in [4.78, 5) is 15.2. The molecule has 1 aromatic carbocycles. The Morgan fingerprint density at radius 1 is 1.09 bits per heavy atom. The van der Waals surface area contributed by atoms with E-state index in [0.717, 1.165) is 31.2 Å². The van der Waals surface area contributed by atoms with Crippen molar-refractivity contribution >= 4 is 32.5 Å². The lowest BCUT2D eigenvalue weighted by Crippen LogP contribution is -2.12. The lowest BCUT2D eigenvalue weighted by Gasteiger charge is -2.15. The molecule has 0 atom stereocenters. The molecular formula is C19H14ClF3N6O5S. The number of halogens is 4. The first-order chi connectivity index (χ1) is 16.6. The number of sulfonamides is 1. The molecule has 2 N–H and O–H groups in total. The van der Waals surface area contributed by atoms with Gasteiger partial charge in [0.1, 0.15) is 10.6 Å². The van der Waals surface area contributed by atoms with E-state index in [9.17, 15) is 21.6 Å². The van der Waals surface area contributed by atoms with Gasteiger partial charge in [-0.15, -0.1) is 0 Å². The van der Waals surface area contributed by atoms with E-state index in [1.165, 1.54) is 18.3 Å². The molecule has 35 heavy (non-hydrogen) atoms. The van der Waals surface area contributed by atoms with E-state index in [1.807, 2.05) is 0 Å². The minimum atomic E-state index is -4.33. The average Bonchev–Trinajstić information content (AvgIpc) is 3.20. The van der Waals surface area contributed by atoms with Crippen LogP contribution < -0.4 is 19.3 Å². The highest BCUT2D eigenvalue weighted by atomic mass is 35.5. The van der Waals surface area contributed by atoms with Gasteiger partial charge in [0, 0.05) is 29.5 Å². The minimum Gasteiger partial charge on any atom is -0.478 e. The summed E-state index contributed by atoms with van der Waals surface area (Å²) in [6.07, 6.45) is 3.37. The van der Waals surface area contributed by atoms with Crippen molar-refractivity contribution in [2.24, 2.45) is 5.14 Å². The summed E-state index contributed by atoms with van der Waals surface area (Å²) >= 11 is 6.37. The van der Waals surface area contributed by atoms with Crippen molar-refractivity contribution in [1.29, 1.82) is 0 Å². The van der Waals surface area contributed by atoms with Gasteiger partial charge in [-0.25, -0.2) is 23.5 Å². The monoisotopic (exact) mass is 530 g/mol. The molecule has 0 spiro atoms. The predicted molar refractivity (Wildman–Crippen MR) is 116 cm³/mol. The number of rotatable bonds is 7. The third-order valence-corrected chi connectivity index (χ3v) is 5.93. The molecule has 0 saturated heterocycles. The molecule has 0 aliphatic carbocycles. The van der Waals surface area contributed by atoms with Crippen molar-refractivity contribution in [3.63, 3.8) is 0 Å². The number of hydrogen-bond donors (Lipinski definition) is 1. The van der Waals surface area contributed by atoms with Gasteiger partial charge in [-0.05, 0) is 12.1 Å². The summed E-state index contributed by atoms with van der Waals surface area (Å²) in [5.74, 6) is -2.84. The van der Waals surface area contributed by atoms with Crippen LogP contribution in [0.2, 0.25) is 5.02 Å². The third-order valence-electron chi connectivity index (χ3n) is 4.68. The summed E-state index contributed by atoms with van der Waals surface area (Å²) in [6, 6.07) is 2.67. The summed E-state index contributed by atoms with van der Waals surface area (Å²) < 4.78 is 80.7. The lowest BCUT2D eigenvalue weighted by molar-refractivity contribution is -0.0534. The number of methoxy groups -OCH3 is 2. The molecule has 16 heteroatoms. The molecule has 184 valence electrons. The number of alkyl halides is 2. The predicted octanol–water partition coefficient (Wildman–Crippen LogP) is 2.94. The molecule has 0 bridgehead atoms. The lowest BCUT2D eigenvalue weighted by atomic mass is 10.1. The molecule has 0 radical (unpaired) electrons. The maximum atomic E-state index is 14.6. The van der Waals surface area contributed by atoms with Crippen LogP contribution in [-0.2, 0) is 10.0 Å². The topological polar surface area (TPSA) is 144 Å². The van der Waals surface area contributed by atoms with Crippen LogP contribution in [0.1, 0.15) is 0 Å². The SMILES string of the molecule is COc1nc(-n2cc(S(N)(=O)=O)c3ccc(Cl)c(-c4nccnc4F)c32)nc(OC)c1OC(F)F. The molecule has 0 fully saturated rings. The van der Waals surface area contributed by atoms with Gasteiger partial charge in [0.2, 0.25) is 27.7 Å². The van der Waals surface area contributed by atoms with E-state index in [-0.39, 0.29) is 38.0 Å². The van der Waals surface area contributed by atoms with Crippen LogP contribution in [0, 0.1) is 5.95 Å². The molecule has 0 unspecified atom stereocenters. The van der Waals surface area contributed by atoms with Gasteiger partial charge in [0.25, 0.3) is 11.8 Å². The number of hydrogen-bond acceptors (Lipinski definition) is 9. The molecule has 11 nitrogen and oxygen atoms in total. The minimum absolute atomic E-state index is 0.0196. The molecule has 4 rings (SSSR count). The van der Waals surface area contributed by atoms with E-state index in [0.29, 0.717) is 0 Å². The highest BCUT2D eigenvalue weighted by Crippen LogP contribution is 2.41. The number of ether oxygens (including phenoxy) is 3. The van der Waals surface area contributed by atoms with Gasteiger partial charge in [-0.2, -0.15) is 23.1 Å². The van der Waals surface area contributed by atoms with Crippen LogP contribution in [0.3, 0.4) is 0 Å². The van der Waals surface area contributed by atoms with E-state index in [1.54, 1.807) is 0 Å². The van der Waals surface area contributed by atoms with Crippen LogP contribution >= 0.6 is 11.6 Å². The fraction of sp³-hybridized carbons (Fsp3) is 0.158. The molecule has 3 aromatic heterocycles. The Kier molecular flexibility index (Phi) is 6.40. The Balaban J connectivity index is 2.14. The zero-order chi connectivity index (χ0) is 25.5. The van der Waals surface area contributed by atoms with Gasteiger partial charge in [-0.3, -0.25) is 4.57 Å². The highest BCUT2D eigenvalue weighted by molar-refractivity contribution is 7.89. The highest BCUT2D eigenvalue weighted by Gasteiger charge is 2.28. The maximum absolute atomic E-state index is 14.6. The zero-order valence-corrected chi connectivity index (χ0v) is 19.3. The first-order valence-electron chi connectivity index (χ1n) is 9.35. The van der Waals surface area contributed by atoms with Crippen LogP contribution in [-0.4, -0.2) is 53.8 Å². The Morgan fingerprint density at radius 2 is 1.71 bits per heavy atom. The van der Waals surface area contributed by atoms with Crippen molar-refractivity contribution in [1.82, 2.24) is 24.5 Å². The number of benzene rings is 1. The fourth-order valence-corrected chi connectivity index (χ4v) is 4.30. The quantitative estimate of drug-likeness (QED) is 0.381. The maximum Gasteiger partial charge on any atom is 0.387 e. The molecule has 0 saturated carbocycles. The normalized spacial score (nSPS) is 11.8. The zero-order valence-electron chi connectivity index (χ0n) is 17.7. The van der Waals surface area contributed by atoms with E-state index >= 15 is 0 Å². The number of nitrogens with two attached hydrogens (primary N) is 1. The Morgan fingerprint density at radius 3 is 2.26 bits per heavy atom. The fourth-order valence-electron chi connectivity index (χ4n) is 3.34. The molecule has 0 aliphatic rings. The smallest absolute Gasteiger partial charge is 0.387 e. The Labute approximate surface area is 200 Å². The van der Waals surface area contributed by atoms with Crippen molar-refractivity contribution < 1.29 is 35.8 Å². The first kappa shape index (κ1) is 24.4. The van der Waals surface area contributed by atoms with Crippen LogP contribution in [0.15, 0.2) is 35.6 Å². The molecule has 4 aromatic rings. The van der Waals surface area contributed by atoms with Crippen LogP contribution in [0.5, 0.6) is 17.5 Å². The first-order valence-corrected chi connectivity index (χ1v) is 11.3. The molecular weight excluding hydrogens is 517 g/mol. The second-order valence-corrected chi connectivity index (χ2v) is 8.61. The van der Waals surface area contributed by atoms with Gasteiger partial charge >= 0.3 is 6.61 Å². The van der Waals surface area contributed by atoms with Gasteiger partial charge in [-0.1, -0.05) is 11.6 Å². The Bertz CT molecular complexity index is 1520. The second-order valence-electron chi connectivity index (χ2n) is 6.67. The van der Waals surface area contributed by atoms with E-state index in [4.69, 9.17) is 26.2 Å². The van der Waals surface area contributed by atoms with Gasteiger partial charge in [0.05, 0.1) is 24.8 Å². The van der Waals surface area contributed by atoms with Crippen LogP contribution in [0.25, 0.3) is 28.1 Å². The Hall–Kier alpha value is -3.69. The standard InChI is InChI=1S/C19H14ClF3N6O5S/c1-32-16-14(34-18(22)23)17(33-2)28-19(27-16)29-7-10(35(24,30)31)8-3-4-9(20)11(13(8)29)12-15(21)26-6-5-25-12/h3-7,18H,1-2H3,(H2,24,30,31). The summed E-state index contributed by atoms with van der Waals surface area (Å²) in [5.41, 5.74) is -0.383. The summed E-state index contributed by atoms with van der Waals surface area (Å²) in [7, 11) is -2.07. The second kappa shape index (κ2) is 9.16. The number of aromatic nitrogens is 5. The van der Waals surface area contributed by atoms with E-state index < -0.39 is 40.1 Å². The molecule has 3 heterocycles. The third kappa shape index (κ3) is 4.40. The number of primary sulfonamides is 1. The van der Waals surface area contributed by atoms with Crippen LogP contribution in [0.4, 0.5) is 13.2 Å². The van der Waals surface area contributed by atoms with Crippen molar-refractivity contribution in [3.05, 3.63) is 41.7 Å². The van der Waals surface area contributed by atoms with Gasteiger partial charge < -0.3 is 14.2 Å². The molecule has 0 aliphatic heterocycles. The van der Waals surface area contributed by atoms with E-state index in [2.05, 4.69) is 24.7 Å². The molecule has 0 amide bonds. The largest absolute Gasteiger partial charge is 0.478 e. The number of fused-ring (bicyclic) bond motifs is 1. The van der Waals surface area contributed by atoms with Crippen molar-refractivity contribution in [2.75, 3.05) is 14.2 Å². The summed E-state index contributed by atoms with van der Waals surface area (Å²) in [5, 5.41) is 5.39. The average molecular weight is 531 g/mol. The van der Waals surface area contributed by atoms with Crippen molar-refractivity contribution in [2.45, 2.75) is 11.5 Å². The summed E-state index contributed by atoms with van der Waals surface area (Å²) in [6.45, 7) is -3.25. The number of nitrogens with zero attached hydrogens (tertiary/aromatic N) is 5.